The van der Waals surface area contributed by atoms with Crippen molar-refractivity contribution >= 4 is 5.91 Å². The van der Waals surface area contributed by atoms with E-state index in [1.807, 2.05) is 6.92 Å². The first-order valence-corrected chi connectivity index (χ1v) is 7.47. The van der Waals surface area contributed by atoms with Gasteiger partial charge in [-0.3, -0.25) is 4.79 Å². The van der Waals surface area contributed by atoms with Gasteiger partial charge in [-0.15, -0.1) is 0 Å². The highest BCUT2D eigenvalue weighted by Crippen LogP contribution is 2.15. The Morgan fingerprint density at radius 3 is 2.68 bits per heavy atom. The van der Waals surface area contributed by atoms with E-state index in [0.717, 1.165) is 52.0 Å². The Labute approximate surface area is 117 Å². The molecule has 1 saturated heterocycles. The smallest absolute Gasteiger partial charge is 0.221 e. The molecule has 2 N–H and O–H groups in total. The quantitative estimate of drug-likeness (QED) is 0.666. The van der Waals surface area contributed by atoms with Gasteiger partial charge >= 0.3 is 0 Å². The molecule has 0 aliphatic carbocycles. The van der Waals surface area contributed by atoms with Crippen LogP contribution in [-0.2, 0) is 4.79 Å². The van der Waals surface area contributed by atoms with Crippen molar-refractivity contribution in [2.24, 2.45) is 0 Å². The topological polar surface area (TPSA) is 55.8 Å². The van der Waals surface area contributed by atoms with Crippen molar-refractivity contribution in [3.63, 3.8) is 0 Å². The van der Waals surface area contributed by atoms with Crippen molar-refractivity contribution in [2.45, 2.75) is 38.6 Å². The summed E-state index contributed by atoms with van der Waals surface area (Å²) in [5.41, 5.74) is 0. The Hall–Kier alpha value is -0.650. The van der Waals surface area contributed by atoms with E-state index in [-0.39, 0.29) is 12.5 Å². The highest BCUT2D eigenvalue weighted by Gasteiger charge is 2.22. The monoisotopic (exact) mass is 271 g/mol. The summed E-state index contributed by atoms with van der Waals surface area (Å²) in [5, 5.41) is 11.7. The van der Waals surface area contributed by atoms with Crippen molar-refractivity contribution < 1.29 is 9.90 Å². The second kappa shape index (κ2) is 9.28. The van der Waals surface area contributed by atoms with E-state index < -0.39 is 0 Å². The largest absolute Gasteiger partial charge is 0.396 e. The average Bonchev–Trinajstić information content (AvgIpc) is 2.43. The van der Waals surface area contributed by atoms with E-state index in [4.69, 9.17) is 5.11 Å². The van der Waals surface area contributed by atoms with E-state index in [1.54, 1.807) is 0 Å². The second-order valence-electron chi connectivity index (χ2n) is 5.33. The maximum absolute atomic E-state index is 11.4. The van der Waals surface area contributed by atoms with Crippen LogP contribution in [0, 0.1) is 0 Å². The van der Waals surface area contributed by atoms with Crippen LogP contribution in [0.3, 0.4) is 0 Å². The average molecular weight is 271 g/mol. The van der Waals surface area contributed by atoms with Gasteiger partial charge in [-0.2, -0.15) is 0 Å². The number of likely N-dealkylation sites (tertiary alicyclic amines) is 1. The summed E-state index contributed by atoms with van der Waals surface area (Å²) in [6.07, 6.45) is 3.79. The number of piperidine rings is 1. The lowest BCUT2D eigenvalue weighted by Gasteiger charge is -2.36. The molecule has 0 aromatic rings. The molecular weight excluding hydrogens is 242 g/mol. The molecule has 0 radical (unpaired) electrons. The molecule has 1 amide bonds. The first kappa shape index (κ1) is 16.4. The predicted octanol–water partition coefficient (Wildman–Crippen LogP) is 0.291. The van der Waals surface area contributed by atoms with E-state index in [2.05, 4.69) is 22.2 Å². The fourth-order valence-electron chi connectivity index (χ4n) is 2.63. The summed E-state index contributed by atoms with van der Waals surface area (Å²) < 4.78 is 0. The molecule has 1 rings (SSSR count). The fourth-order valence-corrected chi connectivity index (χ4v) is 2.63. The molecule has 0 bridgehead atoms. The van der Waals surface area contributed by atoms with Gasteiger partial charge in [-0.25, -0.2) is 0 Å². The van der Waals surface area contributed by atoms with Crippen molar-refractivity contribution in [1.82, 2.24) is 15.1 Å². The summed E-state index contributed by atoms with van der Waals surface area (Å²) in [6.45, 7) is 6.94. The van der Waals surface area contributed by atoms with Crippen LogP contribution in [-0.4, -0.2) is 73.2 Å². The summed E-state index contributed by atoms with van der Waals surface area (Å²) in [7, 11) is 2.14. The Kier molecular flexibility index (Phi) is 8.02. The Balaban J connectivity index is 2.16. The summed E-state index contributed by atoms with van der Waals surface area (Å²) in [5.74, 6) is 0.157. The van der Waals surface area contributed by atoms with Gasteiger partial charge in [0.2, 0.25) is 5.91 Å². The van der Waals surface area contributed by atoms with Gasteiger partial charge in [-0.1, -0.05) is 0 Å². The zero-order chi connectivity index (χ0) is 14.1. The maximum atomic E-state index is 11.4. The molecule has 0 unspecified atom stereocenters. The van der Waals surface area contributed by atoms with E-state index >= 15 is 0 Å². The van der Waals surface area contributed by atoms with Crippen LogP contribution >= 0.6 is 0 Å². The molecule has 112 valence electrons. The molecule has 1 heterocycles. The van der Waals surface area contributed by atoms with Gasteiger partial charge in [0.25, 0.3) is 0 Å². The second-order valence-corrected chi connectivity index (χ2v) is 5.33. The molecule has 19 heavy (non-hydrogen) atoms. The molecule has 0 saturated carbocycles. The standard InChI is InChI=1S/C14H29N3O2/c1-3-15-14(19)7-11-17-9-5-13(6-10-17)16(2)8-4-12-18/h13,18H,3-12H2,1-2H3,(H,15,19). The van der Waals surface area contributed by atoms with E-state index in [0.29, 0.717) is 12.5 Å². The maximum Gasteiger partial charge on any atom is 0.221 e. The molecule has 1 aliphatic heterocycles. The lowest BCUT2D eigenvalue weighted by Crippen LogP contribution is -2.44. The molecule has 1 fully saturated rings. The molecule has 0 aromatic carbocycles. The minimum atomic E-state index is 0.157. The Morgan fingerprint density at radius 2 is 2.11 bits per heavy atom. The molecular formula is C14H29N3O2. The number of carbonyl (C=O) groups excluding carboxylic acids is 1. The number of hydrogen-bond donors (Lipinski definition) is 2. The van der Waals surface area contributed by atoms with Crippen LogP contribution in [0.25, 0.3) is 0 Å². The third-order valence-electron chi connectivity index (χ3n) is 3.88. The zero-order valence-electron chi connectivity index (χ0n) is 12.4. The van der Waals surface area contributed by atoms with Crippen LogP contribution in [0.2, 0.25) is 0 Å². The van der Waals surface area contributed by atoms with Gasteiger partial charge in [-0.05, 0) is 46.3 Å². The minimum absolute atomic E-state index is 0.157. The van der Waals surface area contributed by atoms with E-state index in [1.165, 1.54) is 0 Å². The molecule has 5 nitrogen and oxygen atoms in total. The van der Waals surface area contributed by atoms with Gasteiger partial charge < -0.3 is 20.2 Å². The number of aliphatic hydroxyl groups excluding tert-OH is 1. The van der Waals surface area contributed by atoms with Crippen LogP contribution < -0.4 is 5.32 Å². The number of rotatable bonds is 8. The van der Waals surface area contributed by atoms with Crippen LogP contribution in [0.5, 0.6) is 0 Å². The molecule has 0 aromatic heterocycles. The van der Waals surface area contributed by atoms with Gasteiger partial charge in [0.15, 0.2) is 0 Å². The lowest BCUT2D eigenvalue weighted by molar-refractivity contribution is -0.121. The number of aliphatic hydroxyl groups is 1. The number of nitrogens with one attached hydrogen (secondary N) is 1. The predicted molar refractivity (Wildman–Crippen MR) is 77.1 cm³/mol. The Bertz CT molecular complexity index is 253. The number of carbonyl (C=O) groups is 1. The molecule has 5 heteroatoms. The van der Waals surface area contributed by atoms with Crippen molar-refractivity contribution in [3.8, 4) is 0 Å². The summed E-state index contributed by atoms with van der Waals surface area (Å²) in [6, 6.07) is 0.632. The van der Waals surface area contributed by atoms with Gasteiger partial charge in [0.1, 0.15) is 0 Å². The fraction of sp³-hybridized carbons (Fsp3) is 0.929. The summed E-state index contributed by atoms with van der Waals surface area (Å²) in [4.78, 5) is 16.1. The third-order valence-corrected chi connectivity index (χ3v) is 3.88. The number of hydrogen-bond acceptors (Lipinski definition) is 4. The number of nitrogens with zero attached hydrogens (tertiary/aromatic N) is 2. The van der Waals surface area contributed by atoms with E-state index in [9.17, 15) is 4.79 Å². The summed E-state index contributed by atoms with van der Waals surface area (Å²) >= 11 is 0. The van der Waals surface area contributed by atoms with Crippen molar-refractivity contribution in [2.75, 3.05) is 46.4 Å². The third kappa shape index (κ3) is 6.36. The zero-order valence-corrected chi connectivity index (χ0v) is 12.4. The van der Waals surface area contributed by atoms with Gasteiger partial charge in [0, 0.05) is 38.7 Å². The van der Waals surface area contributed by atoms with Gasteiger partial charge in [0.05, 0.1) is 0 Å². The first-order valence-electron chi connectivity index (χ1n) is 7.47. The first-order chi connectivity index (χ1) is 9.17. The van der Waals surface area contributed by atoms with Crippen molar-refractivity contribution in [3.05, 3.63) is 0 Å². The van der Waals surface area contributed by atoms with Crippen LogP contribution in [0.4, 0.5) is 0 Å². The molecule has 1 aliphatic rings. The van der Waals surface area contributed by atoms with Crippen LogP contribution in [0.15, 0.2) is 0 Å². The molecule has 0 atom stereocenters. The highest BCUT2D eigenvalue weighted by molar-refractivity contribution is 5.75. The number of amides is 1. The lowest BCUT2D eigenvalue weighted by atomic mass is 10.0. The Morgan fingerprint density at radius 1 is 1.42 bits per heavy atom. The normalized spacial score (nSPS) is 17.9. The van der Waals surface area contributed by atoms with Crippen LogP contribution in [0.1, 0.15) is 32.6 Å². The molecule has 0 spiro atoms. The minimum Gasteiger partial charge on any atom is -0.396 e. The highest BCUT2D eigenvalue weighted by atomic mass is 16.3. The SMILES string of the molecule is CCNC(=O)CCN1CCC(N(C)CCCO)CC1. The van der Waals surface area contributed by atoms with Crippen molar-refractivity contribution in [1.29, 1.82) is 0 Å².